The molecule has 0 spiro atoms. The molecule has 2 atom stereocenters. The number of hydrogen-bond donors (Lipinski definition) is 1. The zero-order valence-electron chi connectivity index (χ0n) is 11.7. The average molecular weight is 293 g/mol. The van der Waals surface area contributed by atoms with Crippen LogP contribution in [0.15, 0.2) is 0 Å². The van der Waals surface area contributed by atoms with Crippen molar-refractivity contribution in [2.75, 3.05) is 13.6 Å². The highest BCUT2D eigenvalue weighted by Gasteiger charge is 2.48. The van der Waals surface area contributed by atoms with Crippen LogP contribution in [-0.2, 0) is 4.79 Å². The number of carbonyl (C=O) groups excluding carboxylic acids is 1. The largest absolute Gasteiger partial charge is 0.393 e. The second kappa shape index (κ2) is 5.92. The summed E-state index contributed by atoms with van der Waals surface area (Å²) < 4.78 is 39.0. The second-order valence-corrected chi connectivity index (χ2v) is 6.25. The summed E-state index contributed by atoms with van der Waals surface area (Å²) in [5.41, 5.74) is 0. The van der Waals surface area contributed by atoms with E-state index in [1.54, 1.807) is 7.05 Å². The zero-order valence-corrected chi connectivity index (χ0v) is 11.7. The first-order valence-electron chi connectivity index (χ1n) is 7.28. The minimum atomic E-state index is -4.28. The molecule has 2 fully saturated rings. The van der Waals surface area contributed by atoms with E-state index in [1.807, 2.05) is 0 Å². The van der Waals surface area contributed by atoms with Crippen molar-refractivity contribution >= 4 is 5.91 Å². The van der Waals surface area contributed by atoms with Crippen molar-refractivity contribution in [3.8, 4) is 0 Å². The van der Waals surface area contributed by atoms with Gasteiger partial charge in [0.1, 0.15) is 0 Å². The van der Waals surface area contributed by atoms with E-state index in [9.17, 15) is 23.1 Å². The van der Waals surface area contributed by atoms with Crippen LogP contribution in [0.5, 0.6) is 0 Å². The molecule has 1 N–H and O–H groups in total. The zero-order chi connectivity index (χ0) is 14.9. The molecule has 116 valence electrons. The Bertz CT molecular complexity index is 353. The van der Waals surface area contributed by atoms with Gasteiger partial charge in [-0.3, -0.25) is 4.79 Å². The molecule has 0 bridgehead atoms. The van der Waals surface area contributed by atoms with Gasteiger partial charge in [0, 0.05) is 19.5 Å². The van der Waals surface area contributed by atoms with Crippen molar-refractivity contribution in [3.05, 3.63) is 0 Å². The normalized spacial score (nSPS) is 34.5. The van der Waals surface area contributed by atoms with E-state index in [4.69, 9.17) is 0 Å². The van der Waals surface area contributed by atoms with Gasteiger partial charge >= 0.3 is 6.18 Å². The molecule has 3 nitrogen and oxygen atoms in total. The van der Waals surface area contributed by atoms with Gasteiger partial charge in [-0.15, -0.1) is 0 Å². The van der Waals surface area contributed by atoms with E-state index >= 15 is 0 Å². The number of aliphatic hydroxyl groups is 1. The Morgan fingerprint density at radius 1 is 1.25 bits per heavy atom. The predicted octanol–water partition coefficient (Wildman–Crippen LogP) is 2.58. The van der Waals surface area contributed by atoms with E-state index in [0.29, 0.717) is 38.6 Å². The number of nitrogens with zero attached hydrogens (tertiary/aromatic N) is 1. The summed E-state index contributed by atoms with van der Waals surface area (Å²) in [7, 11) is 1.58. The molecular weight excluding hydrogens is 271 g/mol. The first-order valence-corrected chi connectivity index (χ1v) is 7.28. The standard InChI is InChI=1S/C14H22F3NO2/c1-18(8-9-6-10(19)7-9)13(20)11-4-2-3-5-12(11)14(15,16)17/h9-12,19H,2-8H2,1H3. The molecule has 1 amide bonds. The van der Waals surface area contributed by atoms with Crippen molar-refractivity contribution in [1.29, 1.82) is 0 Å². The van der Waals surface area contributed by atoms with Crippen molar-refractivity contribution in [2.24, 2.45) is 17.8 Å². The van der Waals surface area contributed by atoms with Crippen molar-refractivity contribution in [1.82, 2.24) is 4.90 Å². The Morgan fingerprint density at radius 2 is 1.85 bits per heavy atom. The lowest BCUT2D eigenvalue weighted by atomic mass is 9.77. The first kappa shape index (κ1) is 15.6. The summed E-state index contributed by atoms with van der Waals surface area (Å²) in [5.74, 6) is -2.56. The van der Waals surface area contributed by atoms with E-state index in [-0.39, 0.29) is 24.3 Å². The van der Waals surface area contributed by atoms with Gasteiger partial charge in [-0.1, -0.05) is 12.8 Å². The van der Waals surface area contributed by atoms with Gasteiger partial charge in [0.15, 0.2) is 0 Å². The number of aliphatic hydroxyl groups excluding tert-OH is 1. The van der Waals surface area contributed by atoms with Crippen molar-refractivity contribution in [3.63, 3.8) is 0 Å². The number of rotatable bonds is 3. The molecule has 20 heavy (non-hydrogen) atoms. The minimum absolute atomic E-state index is 0.0654. The average Bonchev–Trinajstić information content (AvgIpc) is 2.35. The van der Waals surface area contributed by atoms with E-state index in [0.717, 1.165) is 0 Å². The van der Waals surface area contributed by atoms with E-state index in [1.165, 1.54) is 4.90 Å². The third-order valence-corrected chi connectivity index (χ3v) is 4.62. The maximum atomic E-state index is 13.0. The third-order valence-electron chi connectivity index (χ3n) is 4.62. The topological polar surface area (TPSA) is 40.5 Å². The molecule has 6 heteroatoms. The molecule has 0 radical (unpaired) electrons. The molecule has 0 saturated heterocycles. The maximum absolute atomic E-state index is 13.0. The summed E-state index contributed by atoms with van der Waals surface area (Å²) in [5, 5.41) is 9.22. The smallest absolute Gasteiger partial charge is 0.392 e. The van der Waals surface area contributed by atoms with Crippen molar-refractivity contribution in [2.45, 2.75) is 50.8 Å². The highest BCUT2D eigenvalue weighted by molar-refractivity contribution is 5.79. The molecule has 0 heterocycles. The Balaban J connectivity index is 1.94. The summed E-state index contributed by atoms with van der Waals surface area (Å²) >= 11 is 0. The van der Waals surface area contributed by atoms with Crippen LogP contribution in [0, 0.1) is 17.8 Å². The lowest BCUT2D eigenvalue weighted by Crippen LogP contribution is -2.46. The molecule has 2 aliphatic rings. The highest BCUT2D eigenvalue weighted by Crippen LogP contribution is 2.42. The molecule has 2 rings (SSSR count). The Hall–Kier alpha value is -0.780. The molecule has 2 aliphatic carbocycles. The van der Waals surface area contributed by atoms with Gasteiger partial charge < -0.3 is 10.0 Å². The molecule has 0 aromatic rings. The van der Waals surface area contributed by atoms with E-state index in [2.05, 4.69) is 0 Å². The van der Waals surface area contributed by atoms with Crippen LogP contribution < -0.4 is 0 Å². The number of hydrogen-bond acceptors (Lipinski definition) is 2. The van der Waals surface area contributed by atoms with Crippen LogP contribution >= 0.6 is 0 Å². The van der Waals surface area contributed by atoms with Gasteiger partial charge in [-0.25, -0.2) is 0 Å². The van der Waals surface area contributed by atoms with Gasteiger partial charge in [0.2, 0.25) is 5.91 Å². The summed E-state index contributed by atoms with van der Waals surface area (Å²) in [6.07, 6.45) is -1.66. The van der Waals surface area contributed by atoms with Crippen molar-refractivity contribution < 1.29 is 23.1 Å². The van der Waals surface area contributed by atoms with Crippen LogP contribution in [0.25, 0.3) is 0 Å². The summed E-state index contributed by atoms with van der Waals surface area (Å²) in [6, 6.07) is 0. The molecule has 2 saturated carbocycles. The lowest BCUT2D eigenvalue weighted by Gasteiger charge is -2.38. The summed E-state index contributed by atoms with van der Waals surface area (Å²) in [6.45, 7) is 0.455. The van der Waals surface area contributed by atoms with Crippen LogP contribution in [0.1, 0.15) is 38.5 Å². The first-order chi connectivity index (χ1) is 9.29. The molecule has 0 aromatic heterocycles. The number of amides is 1. The quantitative estimate of drug-likeness (QED) is 0.869. The fraction of sp³-hybridized carbons (Fsp3) is 0.929. The molecule has 0 aliphatic heterocycles. The van der Waals surface area contributed by atoms with Crippen LogP contribution in [0.2, 0.25) is 0 Å². The Morgan fingerprint density at radius 3 is 2.40 bits per heavy atom. The SMILES string of the molecule is CN(CC1CC(O)C1)C(=O)C1CCCCC1C(F)(F)F. The number of carbonyl (C=O) groups is 1. The third kappa shape index (κ3) is 3.45. The number of halogens is 3. The molecule has 0 aromatic carbocycles. The predicted molar refractivity (Wildman–Crippen MR) is 67.9 cm³/mol. The van der Waals surface area contributed by atoms with Gasteiger partial charge in [-0.2, -0.15) is 13.2 Å². The molecule has 2 unspecified atom stereocenters. The van der Waals surface area contributed by atoms with Gasteiger partial charge in [-0.05, 0) is 31.6 Å². The maximum Gasteiger partial charge on any atom is 0.392 e. The fourth-order valence-corrected chi connectivity index (χ4v) is 3.43. The lowest BCUT2D eigenvalue weighted by molar-refractivity contribution is -0.200. The molecular formula is C14H22F3NO2. The number of alkyl halides is 3. The Kier molecular flexibility index (Phi) is 4.62. The highest BCUT2D eigenvalue weighted by atomic mass is 19.4. The van der Waals surface area contributed by atoms with Crippen LogP contribution in [0.4, 0.5) is 13.2 Å². The Labute approximate surface area is 117 Å². The fourth-order valence-electron chi connectivity index (χ4n) is 3.43. The van der Waals surface area contributed by atoms with E-state index < -0.39 is 18.0 Å². The van der Waals surface area contributed by atoms with Gasteiger partial charge in [0.05, 0.1) is 12.0 Å². The van der Waals surface area contributed by atoms with Gasteiger partial charge in [0.25, 0.3) is 0 Å². The monoisotopic (exact) mass is 293 g/mol. The second-order valence-electron chi connectivity index (χ2n) is 6.25. The van der Waals surface area contributed by atoms with Crippen LogP contribution in [-0.4, -0.2) is 41.8 Å². The summed E-state index contributed by atoms with van der Waals surface area (Å²) in [4.78, 5) is 13.7. The minimum Gasteiger partial charge on any atom is -0.393 e. The van der Waals surface area contributed by atoms with Crippen LogP contribution in [0.3, 0.4) is 0 Å².